The van der Waals surface area contributed by atoms with Crippen molar-refractivity contribution in [2.24, 2.45) is 22.7 Å². The Morgan fingerprint density at radius 2 is 1.56 bits per heavy atom. The predicted octanol–water partition coefficient (Wildman–Crippen LogP) is 9.43. The van der Waals surface area contributed by atoms with E-state index in [0.717, 1.165) is 59.7 Å². The minimum absolute atomic E-state index is 0.138. The summed E-state index contributed by atoms with van der Waals surface area (Å²) < 4.78 is 0. The fourth-order valence-corrected chi connectivity index (χ4v) is 9.11. The molecule has 0 amide bonds. The first-order valence-electron chi connectivity index (χ1n) is 19.4. The number of aromatic nitrogens is 2. The lowest BCUT2D eigenvalue weighted by atomic mass is 9.68. The van der Waals surface area contributed by atoms with E-state index < -0.39 is 0 Å². The van der Waals surface area contributed by atoms with Gasteiger partial charge in [0.15, 0.2) is 5.82 Å². The van der Waals surface area contributed by atoms with Gasteiger partial charge in [-0.2, -0.15) is 0 Å². The molecule has 3 atom stereocenters. The van der Waals surface area contributed by atoms with Crippen molar-refractivity contribution in [2.75, 3.05) is 6.54 Å². The minimum atomic E-state index is 0.138. The molecule has 0 saturated heterocycles. The number of hydrogen-bond donors (Lipinski definition) is 1. The zero-order chi connectivity index (χ0) is 36.8. The van der Waals surface area contributed by atoms with Gasteiger partial charge in [0.2, 0.25) is 0 Å². The summed E-state index contributed by atoms with van der Waals surface area (Å²) >= 11 is 0. The van der Waals surface area contributed by atoms with Crippen LogP contribution >= 0.6 is 0 Å². The Morgan fingerprint density at radius 1 is 0.741 bits per heavy atom. The van der Waals surface area contributed by atoms with Gasteiger partial charge in [-0.3, -0.25) is 0 Å². The first-order valence-corrected chi connectivity index (χ1v) is 19.4. The summed E-state index contributed by atoms with van der Waals surface area (Å²) in [5.74, 6) is 2.39. The van der Waals surface area contributed by atoms with Crippen LogP contribution in [-0.4, -0.2) is 22.3 Å². The number of aliphatic imine (C=N–C) groups is 1. The van der Waals surface area contributed by atoms with E-state index in [4.69, 9.17) is 15.0 Å². The molecule has 1 aliphatic heterocycles. The van der Waals surface area contributed by atoms with Crippen LogP contribution in [-0.2, 0) is 0 Å². The Balaban J connectivity index is 1.16. The molecule has 3 unspecified atom stereocenters. The van der Waals surface area contributed by atoms with Crippen LogP contribution in [0.5, 0.6) is 0 Å². The van der Waals surface area contributed by atoms with E-state index in [1.54, 1.807) is 0 Å². The lowest BCUT2D eigenvalue weighted by molar-refractivity contribution is 0.681. The topological polar surface area (TPSA) is 50.2 Å². The van der Waals surface area contributed by atoms with E-state index in [1.807, 2.05) is 12.4 Å². The highest BCUT2D eigenvalue weighted by Crippen LogP contribution is 2.44. The largest absolute Gasteiger partial charge is 0.366 e. The molecule has 266 valence electrons. The third-order valence-electron chi connectivity index (χ3n) is 11.5. The lowest BCUT2D eigenvalue weighted by Crippen LogP contribution is -2.42. The van der Waals surface area contributed by atoms with E-state index in [2.05, 4.69) is 155 Å². The van der Waals surface area contributed by atoms with E-state index in [1.165, 1.54) is 60.6 Å². The predicted molar refractivity (Wildman–Crippen MR) is 224 cm³/mol. The van der Waals surface area contributed by atoms with Gasteiger partial charge in [-0.15, -0.1) is 0 Å². The van der Waals surface area contributed by atoms with Crippen molar-refractivity contribution in [3.05, 3.63) is 195 Å². The van der Waals surface area contributed by atoms with Gasteiger partial charge in [0.05, 0.1) is 0 Å². The van der Waals surface area contributed by atoms with Gasteiger partial charge in [-0.1, -0.05) is 132 Å². The van der Waals surface area contributed by atoms with Gasteiger partial charge in [0, 0.05) is 59.6 Å². The molecule has 9 rings (SSSR count). The van der Waals surface area contributed by atoms with Gasteiger partial charge in [0.1, 0.15) is 5.84 Å². The summed E-state index contributed by atoms with van der Waals surface area (Å²) in [5.41, 5.74) is 16.4. The molecule has 4 aliphatic carbocycles. The maximum Gasteiger partial charge on any atom is 0.158 e. The Kier molecular flexibility index (Phi) is 8.90. The highest BCUT2D eigenvalue weighted by atomic mass is 15.0. The Morgan fingerprint density at radius 3 is 2.28 bits per heavy atom. The monoisotopic (exact) mass is 702 g/mol. The number of rotatable bonds is 6. The quantitative estimate of drug-likeness (QED) is 0.218. The second-order valence-electron chi connectivity index (χ2n) is 15.6. The van der Waals surface area contributed by atoms with Crippen molar-refractivity contribution in [2.45, 2.75) is 47.0 Å². The smallest absolute Gasteiger partial charge is 0.158 e. The normalized spacial score (nSPS) is 21.8. The van der Waals surface area contributed by atoms with Gasteiger partial charge >= 0.3 is 0 Å². The fourth-order valence-electron chi connectivity index (χ4n) is 9.11. The minimum Gasteiger partial charge on any atom is -0.366 e. The van der Waals surface area contributed by atoms with Crippen LogP contribution in [0, 0.1) is 31.6 Å². The zero-order valence-corrected chi connectivity index (χ0v) is 31.6. The van der Waals surface area contributed by atoms with Crippen LogP contribution in [0.15, 0.2) is 161 Å². The van der Waals surface area contributed by atoms with Crippen LogP contribution in [0.3, 0.4) is 0 Å². The average molecular weight is 703 g/mol. The van der Waals surface area contributed by atoms with Gasteiger partial charge in [-0.25, -0.2) is 15.0 Å². The molecule has 3 aromatic carbocycles. The van der Waals surface area contributed by atoms with Gasteiger partial charge < -0.3 is 5.32 Å². The van der Waals surface area contributed by atoms with Crippen molar-refractivity contribution >= 4 is 22.6 Å². The molecular weight excluding hydrogens is 657 g/mol. The summed E-state index contributed by atoms with van der Waals surface area (Å²) in [7, 11) is 0. The number of nitrogens with zero attached hydrogens (tertiary/aromatic N) is 3. The molecule has 1 aromatic heterocycles. The van der Waals surface area contributed by atoms with Crippen molar-refractivity contribution < 1.29 is 0 Å². The van der Waals surface area contributed by atoms with Crippen LogP contribution in [0.25, 0.3) is 27.8 Å². The van der Waals surface area contributed by atoms with E-state index in [-0.39, 0.29) is 11.8 Å². The SMILES string of the molecule is CC1=CC(C2=CN=C(c3ccc4c(c3)=C(c3ccccc3)C3C=CC(c5ncc(-c6cc(C)cc(C)c6)cn5)=CC3C=4C3=CC=CCC3)NC2)CC(C)=C1. The molecule has 0 radical (unpaired) electrons. The maximum absolute atomic E-state index is 5.04. The zero-order valence-electron chi connectivity index (χ0n) is 31.6. The number of hydrogen-bond acceptors (Lipinski definition) is 4. The summed E-state index contributed by atoms with van der Waals surface area (Å²) in [6, 6.07) is 24.6. The third kappa shape index (κ3) is 6.51. The average Bonchev–Trinajstić information content (AvgIpc) is 3.19. The first kappa shape index (κ1) is 33.9. The molecule has 5 aliphatic rings. The molecule has 4 heteroatoms. The molecule has 54 heavy (non-hydrogen) atoms. The number of aryl methyl sites for hydroxylation is 2. The van der Waals surface area contributed by atoms with Crippen molar-refractivity contribution in [1.29, 1.82) is 0 Å². The second-order valence-corrected chi connectivity index (χ2v) is 15.6. The van der Waals surface area contributed by atoms with E-state index in [0.29, 0.717) is 5.92 Å². The summed E-state index contributed by atoms with van der Waals surface area (Å²) in [6.45, 7) is 9.50. The standard InChI is InChI=1S/C50H46N4/c1-31-19-32(2)22-39(21-31)41-27-51-49(52-28-41)37-15-17-43-45(25-37)47(35-11-7-5-8-12-35)44-18-16-38(26-46(44)48(43)36-13-9-6-10-14-36)50-53-29-42(30-54-50)40-23-33(3)20-34(4)24-40/h5-9,11-13,15-21,23-27,29-30,39,44,46H,10,14,22,28H2,1-4H3,(H,51,52). The molecule has 4 aromatic rings. The lowest BCUT2D eigenvalue weighted by Gasteiger charge is -2.35. The Bertz CT molecular complexity index is 2530. The van der Waals surface area contributed by atoms with E-state index >= 15 is 0 Å². The molecule has 1 N–H and O–H groups in total. The van der Waals surface area contributed by atoms with Crippen LogP contribution in [0.4, 0.5) is 0 Å². The molecule has 4 nitrogen and oxygen atoms in total. The number of nitrogens with one attached hydrogen (secondary N) is 1. The highest BCUT2D eigenvalue weighted by Gasteiger charge is 2.34. The molecule has 0 fully saturated rings. The molecule has 2 heterocycles. The maximum atomic E-state index is 5.04. The molecular formula is C50H46N4. The fraction of sp³-hybridized carbons (Fsp3) is 0.220. The van der Waals surface area contributed by atoms with Crippen molar-refractivity contribution in [1.82, 2.24) is 15.3 Å². The summed E-state index contributed by atoms with van der Waals surface area (Å²) in [4.78, 5) is 14.9. The number of amidine groups is 1. The van der Waals surface area contributed by atoms with Gasteiger partial charge in [-0.05, 0) is 96.9 Å². The molecule has 0 spiro atoms. The van der Waals surface area contributed by atoms with Crippen molar-refractivity contribution in [3.8, 4) is 11.1 Å². The van der Waals surface area contributed by atoms with Crippen LogP contribution in [0.2, 0.25) is 0 Å². The molecule has 0 saturated carbocycles. The first-order chi connectivity index (χ1) is 26.4. The van der Waals surface area contributed by atoms with Crippen LogP contribution < -0.4 is 15.8 Å². The summed E-state index contributed by atoms with van der Waals surface area (Å²) in [6.07, 6.45) is 27.8. The van der Waals surface area contributed by atoms with Gasteiger partial charge in [0.25, 0.3) is 0 Å². The van der Waals surface area contributed by atoms with Crippen LogP contribution in [0.1, 0.15) is 61.2 Å². The number of benzene rings is 3. The third-order valence-corrected chi connectivity index (χ3v) is 11.5. The number of allylic oxidation sites excluding steroid dienone is 12. The highest BCUT2D eigenvalue weighted by molar-refractivity contribution is 6.00. The van der Waals surface area contributed by atoms with Crippen molar-refractivity contribution in [3.63, 3.8) is 0 Å². The number of fused-ring (bicyclic) bond motifs is 2. The molecule has 0 bridgehead atoms. The summed E-state index contributed by atoms with van der Waals surface area (Å²) in [5, 5.41) is 6.29. The second kappa shape index (κ2) is 14.2. The Labute approximate surface area is 318 Å². The Hall–Kier alpha value is -5.87. The van der Waals surface area contributed by atoms with E-state index in [9.17, 15) is 0 Å².